The first kappa shape index (κ1) is 11.9. The van der Waals surface area contributed by atoms with E-state index in [9.17, 15) is 9.67 Å². The van der Waals surface area contributed by atoms with Crippen molar-refractivity contribution in [3.8, 4) is 0 Å². The lowest BCUT2D eigenvalue weighted by atomic mass is 10.3. The van der Waals surface area contributed by atoms with Crippen LogP contribution >= 0.6 is 18.9 Å². The molecular formula is C8H13O4PS. The molecule has 0 aliphatic rings. The Morgan fingerprint density at radius 3 is 2.43 bits per heavy atom. The van der Waals surface area contributed by atoms with E-state index in [1.54, 1.807) is 17.5 Å². The molecule has 0 radical (unpaired) electrons. The van der Waals surface area contributed by atoms with Gasteiger partial charge in [0.25, 0.3) is 0 Å². The van der Waals surface area contributed by atoms with Crippen LogP contribution in [0.15, 0.2) is 17.5 Å². The zero-order chi connectivity index (χ0) is 10.8. The Balaban J connectivity index is 3.12. The highest BCUT2D eigenvalue weighted by molar-refractivity contribution is 7.55. The van der Waals surface area contributed by atoms with Gasteiger partial charge in [0, 0.05) is 19.1 Å². The smallest absolute Gasteiger partial charge is 0.366 e. The molecule has 1 atom stereocenters. The summed E-state index contributed by atoms with van der Waals surface area (Å²) >= 11 is 1.31. The molecule has 1 aromatic rings. The molecule has 0 aromatic carbocycles. The summed E-state index contributed by atoms with van der Waals surface area (Å²) in [4.78, 5) is 0.560. The molecule has 80 valence electrons. The van der Waals surface area contributed by atoms with Gasteiger partial charge in [-0.25, -0.2) is 0 Å². The Hall–Kier alpha value is -0.190. The molecule has 1 aromatic heterocycles. The molecular weight excluding hydrogens is 223 g/mol. The first-order valence-electron chi connectivity index (χ1n) is 3.96. The van der Waals surface area contributed by atoms with E-state index in [4.69, 9.17) is 9.05 Å². The van der Waals surface area contributed by atoms with E-state index in [1.807, 2.05) is 0 Å². The number of hydrogen-bond acceptors (Lipinski definition) is 5. The van der Waals surface area contributed by atoms with Crippen molar-refractivity contribution in [1.29, 1.82) is 0 Å². The molecule has 6 heteroatoms. The van der Waals surface area contributed by atoms with Gasteiger partial charge in [0.2, 0.25) is 0 Å². The summed E-state index contributed by atoms with van der Waals surface area (Å²) in [6.07, 6.45) is 0. The van der Waals surface area contributed by atoms with E-state index < -0.39 is 12.9 Å². The van der Waals surface area contributed by atoms with Gasteiger partial charge in [-0.3, -0.25) is 4.57 Å². The van der Waals surface area contributed by atoms with Crippen LogP contribution in [0.2, 0.25) is 0 Å². The van der Waals surface area contributed by atoms with Crippen LogP contribution in [0, 0.1) is 0 Å². The normalized spacial score (nSPS) is 16.6. The van der Waals surface area contributed by atoms with Gasteiger partial charge in [0.05, 0.1) is 0 Å². The second-order valence-corrected chi connectivity index (χ2v) is 6.40. The van der Waals surface area contributed by atoms with Crippen LogP contribution < -0.4 is 0 Å². The minimum Gasteiger partial charge on any atom is -0.373 e. The average Bonchev–Trinajstić information content (AvgIpc) is 2.69. The van der Waals surface area contributed by atoms with Crippen molar-refractivity contribution in [1.82, 2.24) is 0 Å². The van der Waals surface area contributed by atoms with Crippen LogP contribution in [-0.2, 0) is 19.0 Å². The maximum absolute atomic E-state index is 12.0. The fourth-order valence-electron chi connectivity index (χ4n) is 1.11. The predicted octanol–water partition coefficient (Wildman–Crippen LogP) is 2.40. The standard InChI is InChI=1S/C8H13O4PS/c1-8(9,7-5-4-6-14-7)13(10,11-2)12-3/h4-6,9H,1-3H3. The van der Waals surface area contributed by atoms with Gasteiger partial charge >= 0.3 is 7.60 Å². The third-order valence-corrected chi connectivity index (χ3v) is 5.50. The number of rotatable bonds is 4. The molecule has 0 aliphatic carbocycles. The lowest BCUT2D eigenvalue weighted by molar-refractivity contribution is 0.0962. The van der Waals surface area contributed by atoms with Crippen LogP contribution in [-0.4, -0.2) is 19.3 Å². The van der Waals surface area contributed by atoms with Gasteiger partial charge in [0.15, 0.2) is 5.34 Å². The molecule has 0 bridgehead atoms. The molecule has 0 fully saturated rings. The van der Waals surface area contributed by atoms with E-state index in [1.165, 1.54) is 32.5 Å². The maximum atomic E-state index is 12.0. The Kier molecular flexibility index (Phi) is 3.50. The predicted molar refractivity (Wildman–Crippen MR) is 55.5 cm³/mol. The molecule has 0 amide bonds. The van der Waals surface area contributed by atoms with Crippen molar-refractivity contribution in [2.75, 3.05) is 14.2 Å². The molecule has 1 N–H and O–H groups in total. The van der Waals surface area contributed by atoms with Crippen LogP contribution in [0.25, 0.3) is 0 Å². The minimum absolute atomic E-state index is 0.560. The summed E-state index contributed by atoms with van der Waals surface area (Å²) in [5.74, 6) is 0. The van der Waals surface area contributed by atoms with Crippen molar-refractivity contribution in [3.63, 3.8) is 0 Å². The average molecular weight is 236 g/mol. The number of hydrogen-bond donors (Lipinski definition) is 1. The Bertz CT molecular complexity index is 325. The Labute approximate surface area is 87.0 Å². The lowest BCUT2D eigenvalue weighted by Crippen LogP contribution is -2.21. The van der Waals surface area contributed by atoms with E-state index >= 15 is 0 Å². The lowest BCUT2D eigenvalue weighted by Gasteiger charge is -2.28. The first-order chi connectivity index (χ1) is 6.48. The number of aliphatic hydroxyl groups is 1. The van der Waals surface area contributed by atoms with E-state index in [-0.39, 0.29) is 0 Å². The molecule has 4 nitrogen and oxygen atoms in total. The molecule has 0 saturated heterocycles. The topological polar surface area (TPSA) is 55.8 Å². The van der Waals surface area contributed by atoms with Crippen molar-refractivity contribution in [3.05, 3.63) is 22.4 Å². The second-order valence-electron chi connectivity index (χ2n) is 2.86. The van der Waals surface area contributed by atoms with Crippen LogP contribution in [0.5, 0.6) is 0 Å². The summed E-state index contributed by atoms with van der Waals surface area (Å²) < 4.78 is 21.5. The molecule has 1 rings (SSSR count). The fraction of sp³-hybridized carbons (Fsp3) is 0.500. The van der Waals surface area contributed by atoms with Crippen molar-refractivity contribution >= 4 is 18.9 Å². The highest BCUT2D eigenvalue weighted by Crippen LogP contribution is 2.62. The Morgan fingerprint density at radius 1 is 1.50 bits per heavy atom. The molecule has 1 heterocycles. The summed E-state index contributed by atoms with van der Waals surface area (Å²) in [5, 5.41) is 10.3. The third kappa shape index (κ3) is 1.78. The second kappa shape index (κ2) is 4.13. The Morgan fingerprint density at radius 2 is 2.07 bits per heavy atom. The summed E-state index contributed by atoms with van der Waals surface area (Å²) in [7, 11) is -0.994. The van der Waals surface area contributed by atoms with Gasteiger partial charge in [0.1, 0.15) is 0 Å². The highest BCUT2D eigenvalue weighted by atomic mass is 32.1. The van der Waals surface area contributed by atoms with Crippen molar-refractivity contribution in [2.24, 2.45) is 0 Å². The van der Waals surface area contributed by atoms with Gasteiger partial charge in [-0.15, -0.1) is 11.3 Å². The fourth-order valence-corrected chi connectivity index (χ4v) is 3.50. The van der Waals surface area contributed by atoms with E-state index in [2.05, 4.69) is 0 Å². The van der Waals surface area contributed by atoms with Gasteiger partial charge < -0.3 is 14.2 Å². The van der Waals surface area contributed by atoms with Crippen molar-refractivity contribution < 1.29 is 18.7 Å². The molecule has 1 unspecified atom stereocenters. The SMILES string of the molecule is COP(=O)(OC)C(C)(O)c1cccs1. The van der Waals surface area contributed by atoms with E-state index in [0.717, 1.165) is 0 Å². The van der Waals surface area contributed by atoms with Gasteiger partial charge in [-0.2, -0.15) is 0 Å². The molecule has 14 heavy (non-hydrogen) atoms. The monoisotopic (exact) mass is 236 g/mol. The number of thiophene rings is 1. The van der Waals surface area contributed by atoms with Gasteiger partial charge in [-0.1, -0.05) is 6.07 Å². The summed E-state index contributed by atoms with van der Waals surface area (Å²) in [6.45, 7) is 1.42. The minimum atomic E-state index is -3.51. The van der Waals surface area contributed by atoms with Crippen LogP contribution in [0.4, 0.5) is 0 Å². The summed E-state index contributed by atoms with van der Waals surface area (Å²) in [6, 6.07) is 3.46. The molecule has 0 spiro atoms. The third-order valence-electron chi connectivity index (χ3n) is 2.00. The first-order valence-corrected chi connectivity index (χ1v) is 6.38. The van der Waals surface area contributed by atoms with E-state index in [0.29, 0.717) is 4.88 Å². The largest absolute Gasteiger partial charge is 0.373 e. The quantitative estimate of drug-likeness (QED) is 0.815. The van der Waals surface area contributed by atoms with Crippen molar-refractivity contribution in [2.45, 2.75) is 12.3 Å². The van der Waals surface area contributed by atoms with Crippen LogP contribution in [0.1, 0.15) is 11.8 Å². The summed E-state index contributed by atoms with van der Waals surface area (Å²) in [5.41, 5.74) is 0. The van der Waals surface area contributed by atoms with Gasteiger partial charge in [-0.05, 0) is 18.4 Å². The zero-order valence-electron chi connectivity index (χ0n) is 8.26. The molecule has 0 saturated carbocycles. The highest BCUT2D eigenvalue weighted by Gasteiger charge is 2.46. The zero-order valence-corrected chi connectivity index (χ0v) is 9.97. The molecule has 0 aliphatic heterocycles. The van der Waals surface area contributed by atoms with Crippen LogP contribution in [0.3, 0.4) is 0 Å². The maximum Gasteiger partial charge on any atom is 0.366 e.